The molecule has 0 aliphatic rings. The molecule has 0 spiro atoms. The van der Waals surface area contributed by atoms with Crippen LogP contribution in [0.25, 0.3) is 0 Å². The quantitative estimate of drug-likeness (QED) is 0.187. The summed E-state index contributed by atoms with van der Waals surface area (Å²) in [5, 5.41) is 8.77. The lowest BCUT2D eigenvalue weighted by atomic mass is 10.1. The largest absolute Gasteiger partial charge is 0.480 e. The number of benzene rings is 1. The molecule has 1 rings (SSSR count). The van der Waals surface area contributed by atoms with Gasteiger partial charge < -0.3 is 36.5 Å². The maximum atomic E-state index is 12.2. The third kappa shape index (κ3) is 12.6. The first kappa shape index (κ1) is 28.0. The molecule has 0 saturated carbocycles. The monoisotopic (exact) mass is 467 g/mol. The fourth-order valence-electron chi connectivity index (χ4n) is 2.67. The minimum absolute atomic E-state index is 0.152. The predicted octanol–water partition coefficient (Wildman–Crippen LogP) is -0.124. The van der Waals surface area contributed by atoms with Gasteiger partial charge in [0.25, 0.3) is 0 Å². The van der Waals surface area contributed by atoms with Gasteiger partial charge in [0, 0.05) is 6.42 Å². The summed E-state index contributed by atoms with van der Waals surface area (Å²) in [4.78, 5) is 46.8. The smallest absolute Gasteiger partial charge is 0.323 e. The molecule has 0 aliphatic carbocycles. The molecule has 1 aromatic carbocycles. The number of carbonyl (C=O) groups is 4. The molecular weight excluding hydrogens is 434 g/mol. The van der Waals surface area contributed by atoms with Gasteiger partial charge >= 0.3 is 23.9 Å². The average Bonchev–Trinajstić information content (AvgIpc) is 2.79. The van der Waals surface area contributed by atoms with Crippen molar-refractivity contribution in [2.75, 3.05) is 19.8 Å². The first-order chi connectivity index (χ1) is 15.7. The number of esters is 3. The number of carbonyl (C=O) groups excluding carboxylic acids is 3. The van der Waals surface area contributed by atoms with Gasteiger partial charge in [-0.3, -0.25) is 19.2 Å². The van der Waals surface area contributed by atoms with E-state index in [9.17, 15) is 19.2 Å². The number of nitrogens with two attached hydrogens (primary N) is 3. The number of hydrogen-bond donors (Lipinski definition) is 4. The molecule has 0 amide bonds. The third-order valence-corrected chi connectivity index (χ3v) is 4.56. The number of ether oxygens (including phenoxy) is 3. The van der Waals surface area contributed by atoms with E-state index in [-0.39, 0.29) is 13.0 Å². The standard InChI is InChI=1S/C22H33N3O8/c23-11-5-9-17(24)22(30)33-16(14-32-20(27)12-18(25)21(28)29)13-31-19(26)10-4-8-15-6-2-1-3-7-15/h1-3,6-7,16-18H,4-5,8-14,23-25H2,(H,28,29)/t16?,17-,18-/m0/s1. The molecule has 0 heterocycles. The number of hydrogen-bond acceptors (Lipinski definition) is 10. The fourth-order valence-corrected chi connectivity index (χ4v) is 2.67. The van der Waals surface area contributed by atoms with Crippen LogP contribution in [-0.4, -0.2) is 66.9 Å². The van der Waals surface area contributed by atoms with Crippen LogP contribution >= 0.6 is 0 Å². The second-order valence-corrected chi connectivity index (χ2v) is 7.45. The number of aliphatic carboxylic acids is 1. The zero-order valence-corrected chi connectivity index (χ0v) is 18.5. The number of carboxylic acids is 1. The Morgan fingerprint density at radius 1 is 0.909 bits per heavy atom. The van der Waals surface area contributed by atoms with Crippen LogP contribution in [0.2, 0.25) is 0 Å². The Hall–Kier alpha value is -3.02. The van der Waals surface area contributed by atoms with E-state index in [1.54, 1.807) is 0 Å². The zero-order chi connectivity index (χ0) is 24.6. The van der Waals surface area contributed by atoms with Gasteiger partial charge in [0.15, 0.2) is 6.10 Å². The Kier molecular flexibility index (Phi) is 13.4. The van der Waals surface area contributed by atoms with Crippen molar-refractivity contribution in [1.82, 2.24) is 0 Å². The van der Waals surface area contributed by atoms with Gasteiger partial charge in [-0.05, 0) is 37.8 Å². The van der Waals surface area contributed by atoms with Gasteiger partial charge in [0.05, 0.1) is 6.42 Å². The molecule has 3 atom stereocenters. The summed E-state index contributed by atoms with van der Waals surface area (Å²) in [5.74, 6) is -3.51. The second kappa shape index (κ2) is 15.7. The first-order valence-electron chi connectivity index (χ1n) is 10.7. The maximum Gasteiger partial charge on any atom is 0.323 e. The van der Waals surface area contributed by atoms with Crippen molar-refractivity contribution >= 4 is 23.9 Å². The topological polar surface area (TPSA) is 194 Å². The maximum absolute atomic E-state index is 12.2. The average molecular weight is 468 g/mol. The molecule has 0 saturated heterocycles. The van der Waals surface area contributed by atoms with E-state index in [1.807, 2.05) is 30.3 Å². The van der Waals surface area contributed by atoms with Crippen molar-refractivity contribution in [2.24, 2.45) is 17.2 Å². The van der Waals surface area contributed by atoms with Crippen LogP contribution < -0.4 is 17.2 Å². The Balaban J connectivity index is 2.54. The summed E-state index contributed by atoms with van der Waals surface area (Å²) in [5.41, 5.74) is 17.5. The lowest BCUT2D eigenvalue weighted by Crippen LogP contribution is -2.39. The van der Waals surface area contributed by atoms with Gasteiger partial charge in [-0.25, -0.2) is 0 Å². The van der Waals surface area contributed by atoms with E-state index in [2.05, 4.69) is 0 Å². The summed E-state index contributed by atoms with van der Waals surface area (Å²) in [6, 6.07) is 7.28. The minimum Gasteiger partial charge on any atom is -0.480 e. The van der Waals surface area contributed by atoms with Gasteiger partial charge in [0.2, 0.25) is 0 Å². The van der Waals surface area contributed by atoms with E-state index >= 15 is 0 Å². The lowest BCUT2D eigenvalue weighted by molar-refractivity contribution is -0.168. The second-order valence-electron chi connectivity index (χ2n) is 7.45. The molecule has 0 bridgehead atoms. The van der Waals surface area contributed by atoms with Crippen molar-refractivity contribution in [1.29, 1.82) is 0 Å². The molecule has 0 fully saturated rings. The van der Waals surface area contributed by atoms with Crippen LogP contribution in [0.5, 0.6) is 0 Å². The van der Waals surface area contributed by atoms with Crippen molar-refractivity contribution in [3.05, 3.63) is 35.9 Å². The summed E-state index contributed by atoms with van der Waals surface area (Å²) in [6.45, 7) is -0.442. The molecular formula is C22H33N3O8. The van der Waals surface area contributed by atoms with Crippen LogP contribution in [-0.2, 0) is 39.8 Å². The minimum atomic E-state index is -1.43. The van der Waals surface area contributed by atoms with E-state index in [1.165, 1.54) is 0 Å². The molecule has 0 radical (unpaired) electrons. The van der Waals surface area contributed by atoms with Crippen molar-refractivity contribution in [3.8, 4) is 0 Å². The third-order valence-electron chi connectivity index (χ3n) is 4.56. The molecule has 11 nitrogen and oxygen atoms in total. The fraction of sp³-hybridized carbons (Fsp3) is 0.545. The highest BCUT2D eigenvalue weighted by molar-refractivity contribution is 5.81. The van der Waals surface area contributed by atoms with Crippen LogP contribution in [0.1, 0.15) is 37.7 Å². The highest BCUT2D eigenvalue weighted by Gasteiger charge is 2.24. The SMILES string of the molecule is NCCC[C@H](N)C(=O)OC(COC(=O)CCCc1ccccc1)COC(=O)C[C@H](N)C(=O)O. The van der Waals surface area contributed by atoms with E-state index in [0.29, 0.717) is 32.2 Å². The van der Waals surface area contributed by atoms with E-state index in [4.69, 9.17) is 36.5 Å². The molecule has 1 unspecified atom stereocenters. The van der Waals surface area contributed by atoms with Crippen LogP contribution in [0.4, 0.5) is 0 Å². The van der Waals surface area contributed by atoms with Gasteiger partial charge in [-0.1, -0.05) is 30.3 Å². The summed E-state index contributed by atoms with van der Waals surface area (Å²) < 4.78 is 15.3. The molecule has 11 heteroatoms. The Morgan fingerprint density at radius 3 is 2.15 bits per heavy atom. The molecule has 0 aliphatic heterocycles. The van der Waals surface area contributed by atoms with E-state index < -0.39 is 55.1 Å². The van der Waals surface area contributed by atoms with E-state index in [0.717, 1.165) is 5.56 Å². The first-order valence-corrected chi connectivity index (χ1v) is 10.7. The molecule has 1 aromatic rings. The molecule has 33 heavy (non-hydrogen) atoms. The molecule has 7 N–H and O–H groups in total. The number of carboxylic acid groups (broad SMARTS) is 1. The summed E-state index contributed by atoms with van der Waals surface area (Å²) >= 11 is 0. The zero-order valence-electron chi connectivity index (χ0n) is 18.5. The van der Waals surface area contributed by atoms with Gasteiger partial charge in [0.1, 0.15) is 25.3 Å². The number of rotatable bonds is 16. The van der Waals surface area contributed by atoms with Gasteiger partial charge in [-0.2, -0.15) is 0 Å². The Labute approximate surface area is 192 Å². The normalized spacial score (nSPS) is 13.4. The Bertz CT molecular complexity index is 759. The number of aryl methyl sites for hydroxylation is 1. The van der Waals surface area contributed by atoms with Crippen molar-refractivity contribution < 1.29 is 38.5 Å². The Morgan fingerprint density at radius 2 is 1.55 bits per heavy atom. The molecule has 0 aromatic heterocycles. The molecule has 184 valence electrons. The van der Waals surface area contributed by atoms with Crippen LogP contribution in [0, 0.1) is 0 Å². The summed E-state index contributed by atoms with van der Waals surface area (Å²) in [6.07, 6.45) is 0.563. The van der Waals surface area contributed by atoms with Crippen molar-refractivity contribution in [2.45, 2.75) is 56.7 Å². The van der Waals surface area contributed by atoms with Crippen LogP contribution in [0.3, 0.4) is 0 Å². The van der Waals surface area contributed by atoms with Gasteiger partial charge in [-0.15, -0.1) is 0 Å². The summed E-state index contributed by atoms with van der Waals surface area (Å²) in [7, 11) is 0. The predicted molar refractivity (Wildman–Crippen MR) is 118 cm³/mol. The van der Waals surface area contributed by atoms with Crippen molar-refractivity contribution in [3.63, 3.8) is 0 Å². The highest BCUT2D eigenvalue weighted by atomic mass is 16.6. The van der Waals surface area contributed by atoms with Crippen LogP contribution in [0.15, 0.2) is 30.3 Å². The highest BCUT2D eigenvalue weighted by Crippen LogP contribution is 2.07. The lowest BCUT2D eigenvalue weighted by Gasteiger charge is -2.20.